The molecule has 19 heavy (non-hydrogen) atoms. The largest absolute Gasteiger partial charge is 0.268 e. The highest BCUT2D eigenvalue weighted by Crippen LogP contribution is 2.26. The van der Waals surface area contributed by atoms with Crippen molar-refractivity contribution in [2.75, 3.05) is 0 Å². The van der Waals surface area contributed by atoms with Crippen LogP contribution >= 0.6 is 0 Å². The maximum absolute atomic E-state index is 4.29. The van der Waals surface area contributed by atoms with Crippen molar-refractivity contribution in [1.29, 1.82) is 0 Å². The van der Waals surface area contributed by atoms with Gasteiger partial charge in [0.2, 0.25) is 0 Å². The lowest BCUT2D eigenvalue weighted by Crippen LogP contribution is -1.89. The maximum atomic E-state index is 4.29. The molecule has 0 aliphatic heterocycles. The highest BCUT2D eigenvalue weighted by Gasteiger charge is 2.05. The quantitative estimate of drug-likeness (QED) is 0.660. The van der Waals surface area contributed by atoms with Crippen LogP contribution in [0.5, 0.6) is 0 Å². The van der Waals surface area contributed by atoms with Gasteiger partial charge in [-0.25, -0.2) is 0 Å². The summed E-state index contributed by atoms with van der Waals surface area (Å²) in [5, 5.41) is 5.48. The van der Waals surface area contributed by atoms with Crippen molar-refractivity contribution >= 4 is 10.9 Å². The molecular formula is C17H18N2. The SMILES string of the molecule is CC(C)c1cccc(-c2ccc3c(cnn3C)c2)c1. The summed E-state index contributed by atoms with van der Waals surface area (Å²) in [5.41, 5.74) is 5.08. The smallest absolute Gasteiger partial charge is 0.0679 e. The van der Waals surface area contributed by atoms with Gasteiger partial charge < -0.3 is 0 Å². The number of rotatable bonds is 2. The average Bonchev–Trinajstić information content (AvgIpc) is 2.80. The lowest BCUT2D eigenvalue weighted by molar-refractivity contribution is 0.797. The molecule has 0 saturated heterocycles. The van der Waals surface area contributed by atoms with E-state index in [1.54, 1.807) is 0 Å². The molecule has 0 N–H and O–H groups in total. The minimum atomic E-state index is 0.557. The van der Waals surface area contributed by atoms with Crippen molar-refractivity contribution in [3.05, 3.63) is 54.2 Å². The lowest BCUT2D eigenvalue weighted by Gasteiger charge is -2.08. The summed E-state index contributed by atoms with van der Waals surface area (Å²) >= 11 is 0. The molecule has 0 aliphatic rings. The van der Waals surface area contributed by atoms with Gasteiger partial charge in [-0.3, -0.25) is 4.68 Å². The summed E-state index contributed by atoms with van der Waals surface area (Å²) < 4.78 is 1.91. The molecular weight excluding hydrogens is 232 g/mol. The van der Waals surface area contributed by atoms with Crippen LogP contribution in [-0.2, 0) is 7.05 Å². The third-order valence-corrected chi connectivity index (χ3v) is 3.63. The predicted molar refractivity (Wildman–Crippen MR) is 80.2 cm³/mol. The Morgan fingerprint density at radius 3 is 2.58 bits per heavy atom. The molecule has 3 rings (SSSR count). The third kappa shape index (κ3) is 2.14. The number of hydrogen-bond donors (Lipinski definition) is 0. The van der Waals surface area contributed by atoms with Crippen molar-refractivity contribution < 1.29 is 0 Å². The summed E-state index contributed by atoms with van der Waals surface area (Å²) in [4.78, 5) is 0. The van der Waals surface area contributed by atoms with Crippen molar-refractivity contribution in [3.63, 3.8) is 0 Å². The zero-order valence-electron chi connectivity index (χ0n) is 11.6. The fourth-order valence-corrected chi connectivity index (χ4v) is 2.42. The van der Waals surface area contributed by atoms with E-state index in [4.69, 9.17) is 0 Å². The molecule has 0 fully saturated rings. The van der Waals surface area contributed by atoms with Crippen LogP contribution in [-0.4, -0.2) is 9.78 Å². The van der Waals surface area contributed by atoms with Gasteiger partial charge in [-0.2, -0.15) is 5.10 Å². The summed E-state index contributed by atoms with van der Waals surface area (Å²) in [6, 6.07) is 15.3. The Labute approximate surface area is 113 Å². The Bertz CT molecular complexity index is 723. The second-order valence-corrected chi connectivity index (χ2v) is 5.32. The van der Waals surface area contributed by atoms with Gasteiger partial charge in [0.05, 0.1) is 11.7 Å². The van der Waals surface area contributed by atoms with Gasteiger partial charge in [0, 0.05) is 12.4 Å². The minimum absolute atomic E-state index is 0.557. The van der Waals surface area contributed by atoms with E-state index in [1.165, 1.54) is 27.6 Å². The van der Waals surface area contributed by atoms with E-state index >= 15 is 0 Å². The molecule has 2 nitrogen and oxygen atoms in total. The molecule has 2 aromatic carbocycles. The molecule has 0 amide bonds. The van der Waals surface area contributed by atoms with Crippen LogP contribution in [0.15, 0.2) is 48.7 Å². The monoisotopic (exact) mass is 250 g/mol. The van der Waals surface area contributed by atoms with E-state index in [2.05, 4.69) is 61.4 Å². The van der Waals surface area contributed by atoms with Gasteiger partial charge in [-0.1, -0.05) is 44.2 Å². The van der Waals surface area contributed by atoms with E-state index in [-0.39, 0.29) is 0 Å². The first-order valence-electron chi connectivity index (χ1n) is 6.67. The Kier molecular flexibility index (Phi) is 2.86. The van der Waals surface area contributed by atoms with Gasteiger partial charge in [-0.15, -0.1) is 0 Å². The number of aromatic nitrogens is 2. The van der Waals surface area contributed by atoms with E-state index in [0.717, 1.165) is 0 Å². The Balaban J connectivity index is 2.10. The molecule has 0 saturated carbocycles. The first-order chi connectivity index (χ1) is 9.15. The van der Waals surface area contributed by atoms with Crippen LogP contribution in [0.4, 0.5) is 0 Å². The van der Waals surface area contributed by atoms with Gasteiger partial charge >= 0.3 is 0 Å². The molecule has 3 aromatic rings. The number of fused-ring (bicyclic) bond motifs is 1. The third-order valence-electron chi connectivity index (χ3n) is 3.63. The number of hydrogen-bond acceptors (Lipinski definition) is 1. The zero-order valence-corrected chi connectivity index (χ0v) is 11.6. The van der Waals surface area contributed by atoms with Gasteiger partial charge in [0.15, 0.2) is 0 Å². The Morgan fingerprint density at radius 1 is 1.00 bits per heavy atom. The zero-order chi connectivity index (χ0) is 13.4. The highest BCUT2D eigenvalue weighted by atomic mass is 15.2. The predicted octanol–water partition coefficient (Wildman–Crippen LogP) is 4.36. The van der Waals surface area contributed by atoms with E-state index in [0.29, 0.717) is 5.92 Å². The Morgan fingerprint density at radius 2 is 1.79 bits per heavy atom. The minimum Gasteiger partial charge on any atom is -0.268 e. The van der Waals surface area contributed by atoms with Crippen LogP contribution in [0.25, 0.3) is 22.0 Å². The van der Waals surface area contributed by atoms with E-state index in [9.17, 15) is 0 Å². The summed E-state index contributed by atoms with van der Waals surface area (Å²) in [7, 11) is 1.97. The molecule has 0 aliphatic carbocycles. The molecule has 0 unspecified atom stereocenters. The molecule has 0 bridgehead atoms. The first kappa shape index (κ1) is 12.0. The first-order valence-corrected chi connectivity index (χ1v) is 6.67. The standard InChI is InChI=1S/C17H18N2/c1-12(2)13-5-4-6-14(9-13)15-7-8-17-16(10-15)11-18-19(17)3/h4-12H,1-3H3. The normalized spacial score (nSPS) is 11.4. The second kappa shape index (κ2) is 4.54. The number of nitrogens with zero attached hydrogens (tertiary/aromatic N) is 2. The molecule has 96 valence electrons. The van der Waals surface area contributed by atoms with Gasteiger partial charge in [0.25, 0.3) is 0 Å². The maximum Gasteiger partial charge on any atom is 0.0679 e. The number of aryl methyl sites for hydroxylation is 1. The van der Waals surface area contributed by atoms with Crippen LogP contribution in [0.3, 0.4) is 0 Å². The lowest BCUT2D eigenvalue weighted by atomic mass is 9.97. The molecule has 2 heteroatoms. The summed E-state index contributed by atoms with van der Waals surface area (Å²) in [6.07, 6.45) is 1.92. The molecule has 1 aromatic heterocycles. The fraction of sp³-hybridized carbons (Fsp3) is 0.235. The van der Waals surface area contributed by atoms with Crippen LogP contribution in [0, 0.1) is 0 Å². The molecule has 0 atom stereocenters. The van der Waals surface area contributed by atoms with Gasteiger partial charge in [-0.05, 0) is 34.7 Å². The van der Waals surface area contributed by atoms with Crippen molar-refractivity contribution in [2.45, 2.75) is 19.8 Å². The fourth-order valence-electron chi connectivity index (χ4n) is 2.42. The average molecular weight is 250 g/mol. The second-order valence-electron chi connectivity index (χ2n) is 5.32. The summed E-state index contributed by atoms with van der Waals surface area (Å²) in [5.74, 6) is 0.557. The van der Waals surface area contributed by atoms with Crippen molar-refractivity contribution in [2.24, 2.45) is 7.05 Å². The van der Waals surface area contributed by atoms with Crippen molar-refractivity contribution in [1.82, 2.24) is 9.78 Å². The van der Waals surface area contributed by atoms with Crippen LogP contribution in [0.2, 0.25) is 0 Å². The topological polar surface area (TPSA) is 17.8 Å². The molecule has 0 spiro atoms. The van der Waals surface area contributed by atoms with Crippen LogP contribution < -0.4 is 0 Å². The molecule has 0 radical (unpaired) electrons. The van der Waals surface area contributed by atoms with Crippen LogP contribution in [0.1, 0.15) is 25.3 Å². The van der Waals surface area contributed by atoms with Gasteiger partial charge in [0.1, 0.15) is 0 Å². The van der Waals surface area contributed by atoms with E-state index < -0.39 is 0 Å². The summed E-state index contributed by atoms with van der Waals surface area (Å²) in [6.45, 7) is 4.45. The van der Waals surface area contributed by atoms with Crippen molar-refractivity contribution in [3.8, 4) is 11.1 Å². The molecule has 1 heterocycles. The van der Waals surface area contributed by atoms with E-state index in [1.807, 2.05) is 17.9 Å². The highest BCUT2D eigenvalue weighted by molar-refractivity contribution is 5.84. The Hall–Kier alpha value is -2.09. The number of benzene rings is 2.